The number of hydrogen-bond donors (Lipinski definition) is 1. The summed E-state index contributed by atoms with van der Waals surface area (Å²) in [4.78, 5) is 24.1. The number of nitrogens with zero attached hydrogens (tertiary/aromatic N) is 3. The Labute approximate surface area is 135 Å². The van der Waals surface area contributed by atoms with Gasteiger partial charge in [-0.2, -0.15) is 18.3 Å². The number of hydrogen-bond acceptors (Lipinski definition) is 3. The number of carboxylic acids is 1. The lowest BCUT2D eigenvalue weighted by Crippen LogP contribution is -2.30. The van der Waals surface area contributed by atoms with E-state index >= 15 is 0 Å². The molecule has 0 atom stereocenters. The van der Waals surface area contributed by atoms with E-state index < -0.39 is 23.6 Å². The molecule has 1 N–H and O–H groups in total. The summed E-state index contributed by atoms with van der Waals surface area (Å²) < 4.78 is 39.2. The molecule has 0 spiro atoms. The molecule has 2 aromatic rings. The zero-order chi connectivity index (χ0) is 17.9. The highest BCUT2D eigenvalue weighted by Gasteiger charge is 2.30. The van der Waals surface area contributed by atoms with Crippen LogP contribution in [0.2, 0.25) is 0 Å². The standard InChI is InChI=1S/C15H14F3N3O3/c1-20(7-10-3-2-4-12(5-10)15(16,17)18)13(22)9-21-8-11(6-19-21)14(23)24/h2-6,8H,7,9H2,1H3,(H,23,24). The summed E-state index contributed by atoms with van der Waals surface area (Å²) in [6, 6.07) is 4.72. The summed E-state index contributed by atoms with van der Waals surface area (Å²) >= 11 is 0. The van der Waals surface area contributed by atoms with Crippen molar-refractivity contribution in [3.63, 3.8) is 0 Å². The van der Waals surface area contributed by atoms with Crippen molar-refractivity contribution in [2.45, 2.75) is 19.3 Å². The molecule has 24 heavy (non-hydrogen) atoms. The summed E-state index contributed by atoms with van der Waals surface area (Å²) in [6.07, 6.45) is -2.12. The van der Waals surface area contributed by atoms with E-state index in [1.807, 2.05) is 0 Å². The Bertz CT molecular complexity index is 756. The molecule has 0 saturated carbocycles. The van der Waals surface area contributed by atoms with Crippen molar-refractivity contribution >= 4 is 11.9 Å². The number of rotatable bonds is 5. The van der Waals surface area contributed by atoms with E-state index in [1.165, 1.54) is 30.3 Å². The number of carbonyl (C=O) groups is 2. The van der Waals surface area contributed by atoms with Gasteiger partial charge in [-0.05, 0) is 17.7 Å². The van der Waals surface area contributed by atoms with Crippen molar-refractivity contribution in [2.24, 2.45) is 0 Å². The highest BCUT2D eigenvalue weighted by molar-refractivity contribution is 5.87. The van der Waals surface area contributed by atoms with Crippen LogP contribution in [0.3, 0.4) is 0 Å². The highest BCUT2D eigenvalue weighted by atomic mass is 19.4. The van der Waals surface area contributed by atoms with Crippen molar-refractivity contribution in [1.82, 2.24) is 14.7 Å². The molecule has 1 amide bonds. The van der Waals surface area contributed by atoms with E-state index in [0.717, 1.165) is 23.0 Å². The van der Waals surface area contributed by atoms with Crippen LogP contribution in [0.1, 0.15) is 21.5 Å². The average molecular weight is 341 g/mol. The topological polar surface area (TPSA) is 75.4 Å². The Morgan fingerprint density at radius 1 is 1.33 bits per heavy atom. The molecule has 1 aromatic heterocycles. The Balaban J connectivity index is 2.02. The summed E-state index contributed by atoms with van der Waals surface area (Å²) in [5.41, 5.74) is -0.491. The molecule has 1 heterocycles. The molecule has 0 saturated heterocycles. The maximum Gasteiger partial charge on any atom is 0.416 e. The predicted octanol–water partition coefficient (Wildman–Crippen LogP) is 2.26. The molecule has 0 radical (unpaired) electrons. The second kappa shape index (κ2) is 6.73. The van der Waals surface area contributed by atoms with Crippen LogP contribution in [0.25, 0.3) is 0 Å². The van der Waals surface area contributed by atoms with Gasteiger partial charge in [-0.15, -0.1) is 0 Å². The van der Waals surface area contributed by atoms with Gasteiger partial charge >= 0.3 is 12.1 Å². The minimum atomic E-state index is -4.44. The Morgan fingerprint density at radius 2 is 2.04 bits per heavy atom. The van der Waals surface area contributed by atoms with Gasteiger partial charge in [0, 0.05) is 19.8 Å². The second-order valence-electron chi connectivity index (χ2n) is 5.18. The van der Waals surface area contributed by atoms with Gasteiger partial charge < -0.3 is 10.0 Å². The lowest BCUT2D eigenvalue weighted by molar-refractivity contribution is -0.137. The smallest absolute Gasteiger partial charge is 0.416 e. The van der Waals surface area contributed by atoms with E-state index in [2.05, 4.69) is 5.10 Å². The van der Waals surface area contributed by atoms with Crippen molar-refractivity contribution in [3.8, 4) is 0 Å². The Morgan fingerprint density at radius 3 is 2.62 bits per heavy atom. The van der Waals surface area contributed by atoms with Crippen molar-refractivity contribution < 1.29 is 27.9 Å². The zero-order valence-electron chi connectivity index (χ0n) is 12.6. The monoisotopic (exact) mass is 341 g/mol. The van der Waals surface area contributed by atoms with Crippen LogP contribution in [0.15, 0.2) is 36.7 Å². The van der Waals surface area contributed by atoms with Crippen LogP contribution < -0.4 is 0 Å². The van der Waals surface area contributed by atoms with Gasteiger partial charge in [-0.3, -0.25) is 9.48 Å². The number of likely N-dealkylation sites (N-methyl/N-ethyl adjacent to an activating group) is 1. The first-order valence-corrected chi connectivity index (χ1v) is 6.82. The second-order valence-corrected chi connectivity index (χ2v) is 5.18. The van der Waals surface area contributed by atoms with Crippen LogP contribution in [0.5, 0.6) is 0 Å². The van der Waals surface area contributed by atoms with Crippen LogP contribution in [-0.4, -0.2) is 38.7 Å². The van der Waals surface area contributed by atoms with Crippen molar-refractivity contribution in [2.75, 3.05) is 7.05 Å². The number of carbonyl (C=O) groups excluding carboxylic acids is 1. The molecule has 128 valence electrons. The lowest BCUT2D eigenvalue weighted by atomic mass is 10.1. The van der Waals surface area contributed by atoms with Crippen LogP contribution in [-0.2, 0) is 24.1 Å². The third kappa shape index (κ3) is 4.34. The van der Waals surface area contributed by atoms with Gasteiger partial charge in [-0.1, -0.05) is 12.1 Å². The fourth-order valence-corrected chi connectivity index (χ4v) is 2.03. The maximum atomic E-state index is 12.7. The first-order valence-electron chi connectivity index (χ1n) is 6.82. The van der Waals surface area contributed by atoms with Gasteiger partial charge in [0.1, 0.15) is 6.54 Å². The van der Waals surface area contributed by atoms with Crippen LogP contribution in [0, 0.1) is 0 Å². The van der Waals surface area contributed by atoms with E-state index in [0.29, 0.717) is 5.56 Å². The Hall–Kier alpha value is -2.84. The lowest BCUT2D eigenvalue weighted by Gasteiger charge is -2.18. The quantitative estimate of drug-likeness (QED) is 0.905. The summed E-state index contributed by atoms with van der Waals surface area (Å²) in [5.74, 6) is -1.57. The third-order valence-corrected chi connectivity index (χ3v) is 3.28. The van der Waals surface area contributed by atoms with Gasteiger partial charge in [-0.25, -0.2) is 4.79 Å². The largest absolute Gasteiger partial charge is 0.478 e. The predicted molar refractivity (Wildman–Crippen MR) is 77.1 cm³/mol. The maximum absolute atomic E-state index is 12.7. The summed E-state index contributed by atoms with van der Waals surface area (Å²) in [7, 11) is 1.45. The van der Waals surface area contributed by atoms with Crippen molar-refractivity contribution in [1.29, 1.82) is 0 Å². The van der Waals surface area contributed by atoms with Gasteiger partial charge in [0.2, 0.25) is 5.91 Å². The molecule has 9 heteroatoms. The molecule has 0 bridgehead atoms. The minimum absolute atomic E-state index is 0.00416. The molecule has 2 rings (SSSR count). The van der Waals surface area contributed by atoms with E-state index in [-0.39, 0.29) is 18.7 Å². The molecule has 1 aromatic carbocycles. The van der Waals surface area contributed by atoms with Crippen LogP contribution in [0.4, 0.5) is 13.2 Å². The fourth-order valence-electron chi connectivity index (χ4n) is 2.03. The molecule has 0 unspecified atom stereocenters. The Kier molecular flexibility index (Phi) is 4.91. The normalized spacial score (nSPS) is 11.3. The number of amides is 1. The average Bonchev–Trinajstić information content (AvgIpc) is 2.95. The van der Waals surface area contributed by atoms with E-state index in [4.69, 9.17) is 5.11 Å². The molecule has 0 aliphatic heterocycles. The van der Waals surface area contributed by atoms with Crippen molar-refractivity contribution in [3.05, 3.63) is 53.3 Å². The SMILES string of the molecule is CN(Cc1cccc(C(F)(F)F)c1)C(=O)Cn1cc(C(=O)O)cn1. The number of aromatic nitrogens is 2. The third-order valence-electron chi connectivity index (χ3n) is 3.28. The molecule has 0 aliphatic carbocycles. The van der Waals surface area contributed by atoms with E-state index in [1.54, 1.807) is 0 Å². The van der Waals surface area contributed by atoms with Crippen LogP contribution >= 0.6 is 0 Å². The number of benzene rings is 1. The molecular weight excluding hydrogens is 327 g/mol. The summed E-state index contributed by atoms with van der Waals surface area (Å²) in [5, 5.41) is 12.5. The van der Waals surface area contributed by atoms with E-state index in [9.17, 15) is 22.8 Å². The number of carboxylic acid groups (broad SMARTS) is 1. The molecule has 0 fully saturated rings. The minimum Gasteiger partial charge on any atom is -0.478 e. The molecule has 6 nitrogen and oxygen atoms in total. The first-order chi connectivity index (χ1) is 11.2. The summed E-state index contributed by atoms with van der Waals surface area (Å²) in [6.45, 7) is -0.210. The number of aromatic carboxylic acids is 1. The van der Waals surface area contributed by atoms with Gasteiger partial charge in [0.05, 0.1) is 17.3 Å². The molecule has 0 aliphatic rings. The molecular formula is C15H14F3N3O3. The highest BCUT2D eigenvalue weighted by Crippen LogP contribution is 2.29. The fraction of sp³-hybridized carbons (Fsp3) is 0.267. The van der Waals surface area contributed by atoms with Gasteiger partial charge in [0.25, 0.3) is 0 Å². The number of halogens is 3. The first kappa shape index (κ1) is 17.5. The van der Waals surface area contributed by atoms with Gasteiger partial charge in [0.15, 0.2) is 0 Å². The number of alkyl halides is 3. The zero-order valence-corrected chi connectivity index (χ0v) is 12.6.